The Kier molecular flexibility index (Phi) is 5.26. The SMILES string of the molecule is CCCCCCc1ccc(C2=N/C(=C\c3ccc[nH]3)C(=O)O2)cc1. The van der Waals surface area contributed by atoms with E-state index >= 15 is 0 Å². The van der Waals surface area contributed by atoms with Crippen molar-refractivity contribution in [1.29, 1.82) is 0 Å². The maximum absolute atomic E-state index is 11.9. The van der Waals surface area contributed by atoms with E-state index in [1.54, 1.807) is 12.3 Å². The van der Waals surface area contributed by atoms with E-state index in [4.69, 9.17) is 4.74 Å². The van der Waals surface area contributed by atoms with E-state index in [1.807, 2.05) is 24.3 Å². The largest absolute Gasteiger partial charge is 0.402 e. The fourth-order valence-corrected chi connectivity index (χ4v) is 2.68. The van der Waals surface area contributed by atoms with Gasteiger partial charge in [0.2, 0.25) is 5.90 Å². The van der Waals surface area contributed by atoms with Crippen LogP contribution in [0.3, 0.4) is 0 Å². The average Bonchev–Trinajstić information content (AvgIpc) is 3.23. The van der Waals surface area contributed by atoms with Gasteiger partial charge in [-0.1, -0.05) is 38.3 Å². The minimum Gasteiger partial charge on any atom is -0.402 e. The van der Waals surface area contributed by atoms with Crippen LogP contribution in [0, 0.1) is 0 Å². The number of carbonyl (C=O) groups excluding carboxylic acids is 1. The Balaban J connectivity index is 1.67. The molecule has 4 nitrogen and oxygen atoms in total. The van der Waals surface area contributed by atoms with Crippen LogP contribution in [0.5, 0.6) is 0 Å². The van der Waals surface area contributed by atoms with E-state index in [1.165, 1.54) is 31.2 Å². The van der Waals surface area contributed by atoms with Crippen LogP contribution in [-0.2, 0) is 16.0 Å². The van der Waals surface area contributed by atoms with Crippen LogP contribution in [-0.4, -0.2) is 16.9 Å². The lowest BCUT2D eigenvalue weighted by Crippen LogP contribution is -2.05. The summed E-state index contributed by atoms with van der Waals surface area (Å²) in [4.78, 5) is 19.3. The summed E-state index contributed by atoms with van der Waals surface area (Å²) >= 11 is 0. The van der Waals surface area contributed by atoms with Crippen LogP contribution in [0.25, 0.3) is 6.08 Å². The minimum absolute atomic E-state index is 0.316. The summed E-state index contributed by atoms with van der Waals surface area (Å²) in [5.41, 5.74) is 3.28. The predicted molar refractivity (Wildman–Crippen MR) is 95.7 cm³/mol. The highest BCUT2D eigenvalue weighted by Crippen LogP contribution is 2.19. The second-order valence-electron chi connectivity index (χ2n) is 5.97. The molecule has 0 aliphatic carbocycles. The van der Waals surface area contributed by atoms with Gasteiger partial charge in [0.1, 0.15) is 0 Å². The van der Waals surface area contributed by atoms with Crippen molar-refractivity contribution in [1.82, 2.24) is 4.98 Å². The van der Waals surface area contributed by atoms with Crippen LogP contribution in [0.4, 0.5) is 0 Å². The third-order valence-corrected chi connectivity index (χ3v) is 4.05. The van der Waals surface area contributed by atoms with E-state index in [9.17, 15) is 4.79 Å². The van der Waals surface area contributed by atoms with Gasteiger partial charge in [-0.25, -0.2) is 9.79 Å². The summed E-state index contributed by atoms with van der Waals surface area (Å²) in [6.07, 6.45) is 9.61. The molecule has 0 fully saturated rings. The molecule has 1 aliphatic heterocycles. The molecule has 0 radical (unpaired) electrons. The number of nitrogens with one attached hydrogen (secondary N) is 1. The molecule has 0 saturated heterocycles. The highest BCUT2D eigenvalue weighted by molar-refractivity contribution is 6.12. The van der Waals surface area contributed by atoms with Gasteiger partial charge >= 0.3 is 5.97 Å². The van der Waals surface area contributed by atoms with Crippen LogP contribution in [0.15, 0.2) is 53.3 Å². The fourth-order valence-electron chi connectivity index (χ4n) is 2.68. The number of aromatic amines is 1. The maximum Gasteiger partial charge on any atom is 0.363 e. The van der Waals surface area contributed by atoms with E-state index in [-0.39, 0.29) is 0 Å². The Morgan fingerprint density at radius 3 is 2.67 bits per heavy atom. The summed E-state index contributed by atoms with van der Waals surface area (Å²) in [6, 6.07) is 11.9. The van der Waals surface area contributed by atoms with Crippen molar-refractivity contribution < 1.29 is 9.53 Å². The number of H-pyrrole nitrogens is 1. The van der Waals surface area contributed by atoms with Gasteiger partial charge in [-0.3, -0.25) is 0 Å². The lowest BCUT2D eigenvalue weighted by Gasteiger charge is -2.03. The van der Waals surface area contributed by atoms with Gasteiger partial charge in [-0.2, -0.15) is 0 Å². The number of aryl methyl sites for hydroxylation is 1. The average molecular weight is 322 g/mol. The quantitative estimate of drug-likeness (QED) is 0.464. The first-order chi connectivity index (χ1) is 11.8. The highest BCUT2D eigenvalue weighted by Gasteiger charge is 2.24. The number of esters is 1. The summed E-state index contributed by atoms with van der Waals surface area (Å²) in [5, 5.41) is 0. The van der Waals surface area contributed by atoms with Crippen molar-refractivity contribution in [3.05, 3.63) is 65.1 Å². The molecule has 124 valence electrons. The molecule has 1 aromatic carbocycles. The Bertz CT molecular complexity index is 740. The van der Waals surface area contributed by atoms with Crippen molar-refractivity contribution in [2.24, 2.45) is 4.99 Å². The number of nitrogens with zero attached hydrogens (tertiary/aromatic N) is 1. The zero-order valence-corrected chi connectivity index (χ0v) is 13.9. The van der Waals surface area contributed by atoms with Crippen molar-refractivity contribution in [2.75, 3.05) is 0 Å². The maximum atomic E-state index is 11.9. The zero-order chi connectivity index (χ0) is 16.8. The van der Waals surface area contributed by atoms with Crippen molar-refractivity contribution in [3.63, 3.8) is 0 Å². The van der Waals surface area contributed by atoms with Gasteiger partial charge < -0.3 is 9.72 Å². The first-order valence-electron chi connectivity index (χ1n) is 8.51. The lowest BCUT2D eigenvalue weighted by molar-refractivity contribution is -0.129. The second-order valence-corrected chi connectivity index (χ2v) is 5.97. The van der Waals surface area contributed by atoms with E-state index in [2.05, 4.69) is 29.0 Å². The molecule has 2 heterocycles. The Morgan fingerprint density at radius 1 is 1.12 bits per heavy atom. The Morgan fingerprint density at radius 2 is 1.96 bits per heavy atom. The summed E-state index contributed by atoms with van der Waals surface area (Å²) < 4.78 is 5.29. The van der Waals surface area contributed by atoms with Gasteiger partial charge in [0.05, 0.1) is 0 Å². The number of rotatable bonds is 7. The monoisotopic (exact) mass is 322 g/mol. The van der Waals surface area contributed by atoms with E-state index in [0.29, 0.717) is 11.6 Å². The summed E-state index contributed by atoms with van der Waals surface area (Å²) in [5.74, 6) is -0.0430. The molecule has 0 saturated carbocycles. The van der Waals surface area contributed by atoms with Gasteiger partial charge in [0, 0.05) is 17.5 Å². The topological polar surface area (TPSA) is 54.5 Å². The highest BCUT2D eigenvalue weighted by atomic mass is 16.6. The molecule has 1 aromatic heterocycles. The van der Waals surface area contributed by atoms with Crippen LogP contribution >= 0.6 is 0 Å². The molecule has 0 bridgehead atoms. The van der Waals surface area contributed by atoms with Crippen LogP contribution in [0.1, 0.15) is 49.4 Å². The number of carbonyl (C=O) groups is 1. The van der Waals surface area contributed by atoms with Crippen LogP contribution < -0.4 is 0 Å². The number of cyclic esters (lactones) is 1. The van der Waals surface area contributed by atoms with Crippen molar-refractivity contribution in [3.8, 4) is 0 Å². The summed E-state index contributed by atoms with van der Waals surface area (Å²) in [6.45, 7) is 2.22. The number of hydrogen-bond acceptors (Lipinski definition) is 3. The molecule has 1 N–H and O–H groups in total. The van der Waals surface area contributed by atoms with Gasteiger partial charge in [-0.15, -0.1) is 0 Å². The first kappa shape index (κ1) is 16.2. The Hall–Kier alpha value is -2.62. The molecule has 0 atom stereocenters. The van der Waals surface area contributed by atoms with Crippen LogP contribution in [0.2, 0.25) is 0 Å². The smallest absolute Gasteiger partial charge is 0.363 e. The third-order valence-electron chi connectivity index (χ3n) is 4.05. The van der Waals surface area contributed by atoms with E-state index < -0.39 is 5.97 Å². The number of unbranched alkanes of at least 4 members (excludes halogenated alkanes) is 3. The normalized spacial score (nSPS) is 15.6. The van der Waals surface area contributed by atoms with Gasteiger partial charge in [0.15, 0.2) is 5.70 Å². The van der Waals surface area contributed by atoms with E-state index in [0.717, 1.165) is 17.7 Å². The second kappa shape index (κ2) is 7.77. The third kappa shape index (κ3) is 4.02. The molecular formula is C20H22N2O2. The van der Waals surface area contributed by atoms with Gasteiger partial charge in [0.25, 0.3) is 0 Å². The Labute approximate surface area is 142 Å². The van der Waals surface area contributed by atoms with Crippen molar-refractivity contribution in [2.45, 2.75) is 39.0 Å². The molecule has 0 unspecified atom stereocenters. The molecular weight excluding hydrogens is 300 g/mol. The number of benzene rings is 1. The molecule has 24 heavy (non-hydrogen) atoms. The molecule has 2 aromatic rings. The molecule has 0 amide bonds. The summed E-state index contributed by atoms with van der Waals surface area (Å²) in [7, 11) is 0. The minimum atomic E-state index is -0.414. The number of aromatic nitrogens is 1. The first-order valence-corrected chi connectivity index (χ1v) is 8.51. The fraction of sp³-hybridized carbons (Fsp3) is 0.300. The molecule has 1 aliphatic rings. The zero-order valence-electron chi connectivity index (χ0n) is 13.9. The predicted octanol–water partition coefficient (Wildman–Crippen LogP) is 4.48. The lowest BCUT2D eigenvalue weighted by atomic mass is 10.0. The van der Waals surface area contributed by atoms with Gasteiger partial charge in [-0.05, 0) is 48.7 Å². The molecule has 4 heteroatoms. The molecule has 0 spiro atoms. The standard InChI is InChI=1S/C20H22N2O2/c1-2-3-4-5-7-15-9-11-16(12-10-15)19-22-18(20(23)24-19)14-17-8-6-13-21-17/h6,8-14,21H,2-5,7H2,1H3/b18-14-. The number of ether oxygens (including phenoxy) is 1. The number of aliphatic imine (C=N–C) groups is 1. The van der Waals surface area contributed by atoms with Crippen molar-refractivity contribution >= 4 is 17.9 Å². The molecule has 3 rings (SSSR count). The number of hydrogen-bond donors (Lipinski definition) is 1.